The fourth-order valence-electron chi connectivity index (χ4n) is 3.42. The molecular formula is C30H27FN4O5. The lowest BCUT2D eigenvalue weighted by Gasteiger charge is -2.19. The zero-order valence-corrected chi connectivity index (χ0v) is 21.5. The van der Waals surface area contributed by atoms with Crippen molar-refractivity contribution >= 4 is 23.4 Å². The van der Waals surface area contributed by atoms with E-state index in [0.717, 1.165) is 5.56 Å². The van der Waals surface area contributed by atoms with Crippen LogP contribution in [0, 0.1) is 29.5 Å². The van der Waals surface area contributed by atoms with Gasteiger partial charge in [0.15, 0.2) is 0 Å². The molecule has 0 radical (unpaired) electrons. The molecule has 0 saturated carbocycles. The number of carbonyl (C=O) groups is 3. The van der Waals surface area contributed by atoms with E-state index >= 15 is 0 Å². The molecule has 2 atom stereocenters. The minimum atomic E-state index is -1.31. The number of carbonyl (C=O) groups excluding carboxylic acids is 3. The molecule has 3 amide bonds. The molecule has 3 rings (SSSR count). The van der Waals surface area contributed by atoms with Gasteiger partial charge in [-0.25, -0.2) is 9.87 Å². The molecule has 0 aliphatic heterocycles. The van der Waals surface area contributed by atoms with Gasteiger partial charge in [0, 0.05) is 28.9 Å². The van der Waals surface area contributed by atoms with E-state index in [2.05, 4.69) is 39.6 Å². The first-order valence-electron chi connectivity index (χ1n) is 12.1. The minimum Gasteiger partial charge on any atom is -0.391 e. The van der Waals surface area contributed by atoms with Crippen molar-refractivity contribution in [3.05, 3.63) is 101 Å². The maximum Gasteiger partial charge on any atom is 0.268 e. The van der Waals surface area contributed by atoms with Gasteiger partial charge < -0.3 is 21.1 Å². The summed E-state index contributed by atoms with van der Waals surface area (Å²) in [6.45, 7) is 1.75. The minimum absolute atomic E-state index is 0.0720. The molecule has 6 N–H and O–H groups in total. The molecule has 2 unspecified atom stereocenters. The first-order chi connectivity index (χ1) is 19.2. The number of nitrogens with one attached hydrogen (secondary N) is 4. The Morgan fingerprint density at radius 2 is 1.55 bits per heavy atom. The van der Waals surface area contributed by atoms with Crippen molar-refractivity contribution in [1.29, 1.82) is 0 Å². The molecule has 10 heteroatoms. The van der Waals surface area contributed by atoms with Crippen LogP contribution in [0.25, 0.3) is 0 Å². The average Bonchev–Trinajstić information content (AvgIpc) is 2.94. The Balaban J connectivity index is 1.48. The van der Waals surface area contributed by atoms with Gasteiger partial charge in [-0.2, -0.15) is 0 Å². The van der Waals surface area contributed by atoms with Crippen LogP contribution in [-0.2, 0) is 16.1 Å². The maximum atomic E-state index is 13.2. The highest BCUT2D eigenvalue weighted by Crippen LogP contribution is 2.09. The van der Waals surface area contributed by atoms with Gasteiger partial charge in [-0.1, -0.05) is 24.0 Å². The number of anilines is 1. The topological polar surface area (TPSA) is 140 Å². The largest absolute Gasteiger partial charge is 0.391 e. The molecule has 0 bridgehead atoms. The summed E-state index contributed by atoms with van der Waals surface area (Å²) in [7, 11) is 0. The van der Waals surface area contributed by atoms with Gasteiger partial charge in [-0.15, -0.1) is 0 Å². The SMILES string of the molecule is CC(O)C(NC(=O)c1ccc(C#CC#Cc2ccc(NC(=O)CNCc3cccc(F)c3)cc2)cc1)C(=O)NO. The molecule has 0 fully saturated rings. The lowest BCUT2D eigenvalue weighted by Crippen LogP contribution is -2.51. The van der Waals surface area contributed by atoms with Crippen molar-refractivity contribution < 1.29 is 29.1 Å². The van der Waals surface area contributed by atoms with Gasteiger partial charge in [-0.3, -0.25) is 19.6 Å². The highest BCUT2D eigenvalue weighted by molar-refractivity contribution is 5.97. The van der Waals surface area contributed by atoms with E-state index in [-0.39, 0.29) is 23.8 Å². The van der Waals surface area contributed by atoms with E-state index in [4.69, 9.17) is 5.21 Å². The monoisotopic (exact) mass is 542 g/mol. The lowest BCUT2D eigenvalue weighted by molar-refractivity contribution is -0.133. The normalized spacial score (nSPS) is 11.5. The van der Waals surface area contributed by atoms with E-state index in [0.29, 0.717) is 23.4 Å². The first-order valence-corrected chi connectivity index (χ1v) is 12.1. The van der Waals surface area contributed by atoms with E-state index in [1.165, 1.54) is 36.7 Å². The number of hydrogen-bond acceptors (Lipinski definition) is 6. The second-order valence-corrected chi connectivity index (χ2v) is 8.60. The highest BCUT2D eigenvalue weighted by atomic mass is 19.1. The van der Waals surface area contributed by atoms with Crippen molar-refractivity contribution in [2.75, 3.05) is 11.9 Å². The standard InChI is InChI=1S/C30H27FN4O5/c1-20(36)28(30(39)35-40)34-29(38)24-13-9-21(10-14-24)5-2-3-6-22-11-15-26(16-12-22)33-27(37)19-32-18-23-7-4-8-25(31)17-23/h4,7-17,20,28,32,36,40H,18-19H2,1H3,(H,33,37)(H,34,38)(H,35,39). The smallest absolute Gasteiger partial charge is 0.268 e. The zero-order chi connectivity index (χ0) is 28.9. The van der Waals surface area contributed by atoms with Gasteiger partial charge in [0.2, 0.25) is 5.91 Å². The van der Waals surface area contributed by atoms with Crippen LogP contribution in [0.5, 0.6) is 0 Å². The van der Waals surface area contributed by atoms with Crippen LogP contribution >= 0.6 is 0 Å². The Morgan fingerprint density at radius 3 is 2.12 bits per heavy atom. The van der Waals surface area contributed by atoms with E-state index in [1.54, 1.807) is 48.5 Å². The van der Waals surface area contributed by atoms with Crippen LogP contribution in [0.3, 0.4) is 0 Å². The molecule has 0 saturated heterocycles. The number of amides is 3. The number of aliphatic hydroxyl groups is 1. The number of benzene rings is 3. The molecule has 40 heavy (non-hydrogen) atoms. The first kappa shape index (κ1) is 29.6. The third-order valence-electron chi connectivity index (χ3n) is 5.46. The van der Waals surface area contributed by atoms with E-state index < -0.39 is 24.0 Å². The third-order valence-corrected chi connectivity index (χ3v) is 5.46. The van der Waals surface area contributed by atoms with Gasteiger partial charge in [0.25, 0.3) is 11.8 Å². The summed E-state index contributed by atoms with van der Waals surface area (Å²) in [5, 5.41) is 26.5. The third kappa shape index (κ3) is 9.39. The van der Waals surface area contributed by atoms with Crippen LogP contribution in [0.1, 0.15) is 34.0 Å². The zero-order valence-electron chi connectivity index (χ0n) is 21.5. The van der Waals surface area contributed by atoms with Crippen molar-refractivity contribution in [3.8, 4) is 23.7 Å². The van der Waals surface area contributed by atoms with Crippen LogP contribution in [0.15, 0.2) is 72.8 Å². The Labute approximate surface area is 230 Å². The van der Waals surface area contributed by atoms with Gasteiger partial charge in [-0.05, 0) is 85.0 Å². The van der Waals surface area contributed by atoms with Gasteiger partial charge in [0.05, 0.1) is 12.6 Å². The highest BCUT2D eigenvalue weighted by Gasteiger charge is 2.25. The fourth-order valence-corrected chi connectivity index (χ4v) is 3.42. The Bertz CT molecular complexity index is 1470. The predicted octanol–water partition coefficient (Wildman–Crippen LogP) is 1.94. The summed E-state index contributed by atoms with van der Waals surface area (Å²) < 4.78 is 13.2. The Hall–Kier alpha value is -5.00. The fraction of sp³-hybridized carbons (Fsp3) is 0.167. The number of rotatable bonds is 9. The van der Waals surface area contributed by atoms with Gasteiger partial charge >= 0.3 is 0 Å². The number of hydrogen-bond donors (Lipinski definition) is 6. The number of aliphatic hydroxyl groups excluding tert-OH is 1. The molecule has 3 aromatic carbocycles. The molecule has 0 aliphatic rings. The summed E-state index contributed by atoms with van der Waals surface area (Å²) in [6.07, 6.45) is -1.21. The van der Waals surface area contributed by atoms with Crippen LogP contribution in [0.4, 0.5) is 10.1 Å². The quantitative estimate of drug-likeness (QED) is 0.139. The molecule has 204 valence electrons. The predicted molar refractivity (Wildman–Crippen MR) is 146 cm³/mol. The van der Waals surface area contributed by atoms with E-state index in [1.807, 2.05) is 0 Å². The number of hydroxylamine groups is 1. The van der Waals surface area contributed by atoms with Crippen molar-refractivity contribution in [2.24, 2.45) is 0 Å². The van der Waals surface area contributed by atoms with Gasteiger partial charge in [0.1, 0.15) is 11.9 Å². The molecule has 9 nitrogen and oxygen atoms in total. The molecule has 0 aliphatic carbocycles. The Kier molecular flexibility index (Phi) is 10.9. The molecule has 0 aromatic heterocycles. The summed E-state index contributed by atoms with van der Waals surface area (Å²) >= 11 is 0. The number of halogens is 1. The van der Waals surface area contributed by atoms with Crippen molar-refractivity contribution in [3.63, 3.8) is 0 Å². The summed E-state index contributed by atoms with van der Waals surface area (Å²) in [4.78, 5) is 36.0. The summed E-state index contributed by atoms with van der Waals surface area (Å²) in [6, 6.07) is 18.0. The Morgan fingerprint density at radius 1 is 0.925 bits per heavy atom. The summed E-state index contributed by atoms with van der Waals surface area (Å²) in [5.74, 6) is 9.14. The molecule has 3 aromatic rings. The van der Waals surface area contributed by atoms with Crippen molar-refractivity contribution in [2.45, 2.75) is 25.6 Å². The maximum absolute atomic E-state index is 13.2. The average molecular weight is 543 g/mol. The van der Waals surface area contributed by atoms with E-state index in [9.17, 15) is 23.9 Å². The van der Waals surface area contributed by atoms with Crippen LogP contribution in [0.2, 0.25) is 0 Å². The van der Waals surface area contributed by atoms with Crippen molar-refractivity contribution in [1.82, 2.24) is 16.1 Å². The second-order valence-electron chi connectivity index (χ2n) is 8.60. The second kappa shape index (κ2) is 14.8. The summed E-state index contributed by atoms with van der Waals surface area (Å²) in [5.41, 5.74) is 4.30. The van der Waals surface area contributed by atoms with Crippen LogP contribution in [-0.4, -0.2) is 46.7 Å². The molecule has 0 heterocycles. The lowest BCUT2D eigenvalue weighted by atomic mass is 10.1. The molecule has 0 spiro atoms. The molecular weight excluding hydrogens is 515 g/mol. The van der Waals surface area contributed by atoms with Crippen LogP contribution < -0.4 is 21.4 Å².